The van der Waals surface area contributed by atoms with Crippen LogP contribution in [0.2, 0.25) is 0 Å². The van der Waals surface area contributed by atoms with Crippen molar-refractivity contribution in [3.8, 4) is 33.6 Å². The summed E-state index contributed by atoms with van der Waals surface area (Å²) in [5, 5.41) is 4.82. The van der Waals surface area contributed by atoms with Crippen LogP contribution >= 0.6 is 0 Å². The molecule has 2 aromatic heterocycles. The fourth-order valence-electron chi connectivity index (χ4n) is 21.8. The Hall–Kier alpha value is -14.3. The molecule has 134 heavy (non-hydrogen) atoms. The van der Waals surface area contributed by atoms with E-state index in [1.54, 1.807) is 0 Å². The zero-order chi connectivity index (χ0) is 92.3. The fourth-order valence-corrected chi connectivity index (χ4v) is 21.8. The van der Waals surface area contributed by atoms with E-state index in [4.69, 9.17) is 0 Å². The van der Waals surface area contributed by atoms with Crippen LogP contribution < -0.4 is 29.4 Å². The number of para-hydroxylation sites is 7. The average molecular weight is 1750 g/mol. The third kappa shape index (κ3) is 16.3. The summed E-state index contributed by atoms with van der Waals surface area (Å²) in [6, 6.07) is 140. The molecule has 16 aromatic carbocycles. The first-order valence-corrected chi connectivity index (χ1v) is 48.8. The number of fused-ring (bicyclic) bond motifs is 6. The minimum absolute atomic E-state index is 0.0591. The van der Waals surface area contributed by atoms with Crippen LogP contribution in [0.25, 0.3) is 77.2 Å². The summed E-state index contributed by atoms with van der Waals surface area (Å²) < 4.78 is 4.91. The van der Waals surface area contributed by atoms with Crippen molar-refractivity contribution in [1.29, 1.82) is 0 Å². The van der Waals surface area contributed by atoms with Gasteiger partial charge in [0, 0.05) is 115 Å². The number of aromatic nitrogens is 2. The summed E-state index contributed by atoms with van der Waals surface area (Å²) in [6.45, 7) is 37.4. The van der Waals surface area contributed by atoms with Crippen LogP contribution in [0.4, 0.5) is 56.9 Å². The maximum atomic E-state index is 2.77. The molecule has 18 aromatic rings. The molecule has 0 N–H and O–H groups in total. The van der Waals surface area contributed by atoms with E-state index in [1.807, 2.05) is 0 Å². The van der Waals surface area contributed by atoms with Crippen molar-refractivity contribution in [3.63, 3.8) is 0 Å². The summed E-state index contributed by atoms with van der Waals surface area (Å²) in [7, 11) is 0. The largest absolute Gasteiger partial charge is 0.345 e. The third-order valence-corrected chi connectivity index (χ3v) is 28.4. The quantitative estimate of drug-likeness (QED) is 0.0537. The van der Waals surface area contributed by atoms with Gasteiger partial charge in [0.25, 0.3) is 0 Å². The normalized spacial score (nSPS) is 14.0. The zero-order valence-electron chi connectivity index (χ0n) is 80.3. The van der Waals surface area contributed by atoms with Crippen LogP contribution in [0.15, 0.2) is 382 Å². The molecule has 0 spiro atoms. The van der Waals surface area contributed by atoms with Crippen LogP contribution in [-0.4, -0.2) is 22.2 Å². The molecule has 1 fully saturated rings. The van der Waals surface area contributed by atoms with Gasteiger partial charge < -0.3 is 38.5 Å². The lowest BCUT2D eigenvalue weighted by Crippen LogP contribution is -2.33. The Bertz CT molecular complexity index is 7130. The molecule has 2 aliphatic heterocycles. The van der Waals surface area contributed by atoms with Gasteiger partial charge in [-0.1, -0.05) is 353 Å². The molecule has 1 saturated heterocycles. The molecule has 2 atom stereocenters. The smallest absolute Gasteiger partial charge is 0.136 e. The standard InChI is InChI=1S/C126H124N8/c1-82(2)105-43-30-44-106(83(3)4)121(105)127-74-75-128(122-107(84(5)6)45-31-46-108(122)85(7)8)125(127)95-57-65-102(66-58-95)132(100-63-55-94(56-64-100)92-36-22-17-23-37-92)104-70-73-119-116(81-104)114-71-52-90(79-120(114)134(119)98-40-26-19-27-41-98)78-89(15)112-50-33-49-111(88(13)14)124(112)130-77-76-129(123-109(86(9)10)47-32-48-110(123)87(11)12)126(130)96-59-67-101(68-60-96)131(99-61-53-93(54-62-99)91-34-20-16-21-35-91)103-69-72-118-115(80-103)113-42-28-29-51-117(113)133(118)97-38-24-18-25-39-97/h16-73,76-77,79-89,125-126H,74-75,78H2,1-15H3. The SMILES string of the molecule is CC(C)c1cccc(C(C)C)c1N1C=CN(c2c(C(C)C)cccc2C(C)Cc2ccc3c4cc(N(c5ccc(-c6ccccc6)cc5)c5ccc(C6N(c7c(C(C)C)cccc7C(C)C)CCN6c6c(C(C)C)cccc6C(C)C)cc5)ccc4n(-c4ccccc4)c3c2)C1c1ccc(N(c2ccc(-c3ccccc3)cc2)c2ccc3c(c2)c2ccccc2n3-c2ccccc2)cc1. The Kier molecular flexibility index (Phi) is 24.2. The molecule has 4 heterocycles. The summed E-state index contributed by atoms with van der Waals surface area (Å²) in [4.78, 5) is 15.7. The van der Waals surface area contributed by atoms with Crippen molar-refractivity contribution in [2.75, 3.05) is 42.5 Å². The Morgan fingerprint density at radius 2 is 0.545 bits per heavy atom. The molecule has 8 nitrogen and oxygen atoms in total. The highest BCUT2D eigenvalue weighted by atomic mass is 15.4. The van der Waals surface area contributed by atoms with Gasteiger partial charge in [-0.05, 0) is 259 Å². The highest BCUT2D eigenvalue weighted by Crippen LogP contribution is 2.54. The Labute approximate surface area is 794 Å². The third-order valence-electron chi connectivity index (χ3n) is 28.4. The molecule has 2 unspecified atom stereocenters. The van der Waals surface area contributed by atoms with Crippen LogP contribution in [0.5, 0.6) is 0 Å². The molecule has 20 rings (SSSR count). The molecule has 8 heteroatoms. The Morgan fingerprint density at radius 3 is 0.940 bits per heavy atom. The lowest BCUT2D eigenvalue weighted by atomic mass is 9.87. The lowest BCUT2D eigenvalue weighted by molar-refractivity contribution is 0.687. The molecule has 0 bridgehead atoms. The predicted molar refractivity (Wildman–Crippen MR) is 573 cm³/mol. The minimum Gasteiger partial charge on any atom is -0.345 e. The molecule has 0 saturated carbocycles. The topological polar surface area (TPSA) is 29.3 Å². The number of benzene rings is 16. The second kappa shape index (κ2) is 37.0. The van der Waals surface area contributed by atoms with E-state index in [-0.39, 0.29) is 36.0 Å². The van der Waals surface area contributed by atoms with E-state index in [0.717, 1.165) is 70.5 Å². The lowest BCUT2D eigenvalue weighted by Gasteiger charge is -2.39. The molecule has 2 aliphatic rings. The molecular weight excluding hydrogens is 1630 g/mol. The van der Waals surface area contributed by atoms with Gasteiger partial charge in [-0.2, -0.15) is 0 Å². The van der Waals surface area contributed by atoms with Crippen molar-refractivity contribution >= 4 is 100 Å². The van der Waals surface area contributed by atoms with Crippen molar-refractivity contribution in [1.82, 2.24) is 9.13 Å². The van der Waals surface area contributed by atoms with Crippen LogP contribution in [-0.2, 0) is 6.42 Å². The predicted octanol–water partition coefficient (Wildman–Crippen LogP) is 34.9. The van der Waals surface area contributed by atoms with Crippen molar-refractivity contribution in [3.05, 3.63) is 444 Å². The van der Waals surface area contributed by atoms with Gasteiger partial charge in [0.1, 0.15) is 12.3 Å². The van der Waals surface area contributed by atoms with Gasteiger partial charge in [0.2, 0.25) is 0 Å². The first-order valence-electron chi connectivity index (χ1n) is 48.8. The number of rotatable bonds is 26. The molecule has 0 radical (unpaired) electrons. The second-order valence-electron chi connectivity index (χ2n) is 39.4. The van der Waals surface area contributed by atoms with Crippen LogP contribution in [0.1, 0.15) is 225 Å². The average Bonchev–Trinajstić information content (AvgIpc) is 1.58. The van der Waals surface area contributed by atoms with Gasteiger partial charge in [-0.3, -0.25) is 0 Å². The Morgan fingerprint density at radius 1 is 0.239 bits per heavy atom. The van der Waals surface area contributed by atoms with E-state index < -0.39 is 0 Å². The molecule has 0 amide bonds. The highest BCUT2D eigenvalue weighted by Gasteiger charge is 2.41. The van der Waals surface area contributed by atoms with E-state index >= 15 is 0 Å². The summed E-state index contributed by atoms with van der Waals surface area (Å²) >= 11 is 0. The van der Waals surface area contributed by atoms with E-state index in [0.29, 0.717) is 23.7 Å². The minimum atomic E-state index is -0.250. The van der Waals surface area contributed by atoms with Crippen LogP contribution in [0, 0.1) is 0 Å². The van der Waals surface area contributed by atoms with Gasteiger partial charge in [0.15, 0.2) is 0 Å². The Balaban J connectivity index is 0.689. The van der Waals surface area contributed by atoms with Crippen molar-refractivity contribution in [2.24, 2.45) is 0 Å². The van der Waals surface area contributed by atoms with Crippen molar-refractivity contribution < 1.29 is 0 Å². The number of anilines is 10. The van der Waals surface area contributed by atoms with Crippen molar-refractivity contribution in [2.45, 2.75) is 170 Å². The first-order chi connectivity index (χ1) is 65.2. The highest BCUT2D eigenvalue weighted by molar-refractivity contribution is 6.12. The fraction of sp³-hybridized carbons (Fsp3) is 0.222. The van der Waals surface area contributed by atoms with Gasteiger partial charge in [0.05, 0.1) is 22.1 Å². The summed E-state index contributed by atoms with van der Waals surface area (Å²) in [5.74, 6) is 2.23. The number of hydrogen-bond acceptors (Lipinski definition) is 6. The monoisotopic (exact) mass is 1750 g/mol. The van der Waals surface area contributed by atoms with E-state index in [9.17, 15) is 0 Å². The van der Waals surface area contributed by atoms with Gasteiger partial charge in [-0.25, -0.2) is 0 Å². The number of hydrogen-bond donors (Lipinski definition) is 0. The summed E-state index contributed by atoms with van der Waals surface area (Å²) in [5.41, 5.74) is 38.2. The molecule has 0 aliphatic carbocycles. The van der Waals surface area contributed by atoms with Gasteiger partial charge in [-0.15, -0.1) is 0 Å². The number of nitrogens with zero attached hydrogens (tertiary/aromatic N) is 8. The summed E-state index contributed by atoms with van der Waals surface area (Å²) in [6.07, 6.45) is 5.29. The van der Waals surface area contributed by atoms with Crippen LogP contribution in [0.3, 0.4) is 0 Å². The first kappa shape index (κ1) is 87.6. The molecular formula is C126H124N8. The second-order valence-corrected chi connectivity index (χ2v) is 39.4. The maximum Gasteiger partial charge on any atom is 0.136 e. The van der Waals surface area contributed by atoms with E-state index in [1.165, 1.54) is 144 Å². The maximum absolute atomic E-state index is 2.77. The zero-order valence-corrected chi connectivity index (χ0v) is 80.3. The van der Waals surface area contributed by atoms with Gasteiger partial charge >= 0.3 is 0 Å². The molecule has 668 valence electrons. The van der Waals surface area contributed by atoms with E-state index in [2.05, 4.69) is 525 Å².